The fraction of sp³-hybridized carbons (Fsp3) is 0.167. The summed E-state index contributed by atoms with van der Waals surface area (Å²) in [5, 5.41) is 4.31. The van der Waals surface area contributed by atoms with Crippen molar-refractivity contribution in [3.8, 4) is 0 Å². The summed E-state index contributed by atoms with van der Waals surface area (Å²) in [7, 11) is -4.04. The minimum absolute atomic E-state index is 0.0127. The second kappa shape index (κ2) is 11.2. The zero-order valence-electron chi connectivity index (χ0n) is 17.9. The normalized spacial score (nSPS) is 11.8. The number of carbonyl (C=O) groups is 1. The van der Waals surface area contributed by atoms with Crippen LogP contribution < -0.4 is 5.43 Å². The number of rotatable bonds is 9. The Hall–Kier alpha value is -3.07. The lowest BCUT2D eigenvalue weighted by Crippen LogP contribution is -2.39. The molecule has 0 radical (unpaired) electrons. The molecule has 0 atom stereocenters. The highest BCUT2D eigenvalue weighted by atomic mass is 35.5. The molecule has 0 unspecified atom stereocenters. The van der Waals surface area contributed by atoms with E-state index in [0.29, 0.717) is 10.6 Å². The molecular weight excluding hydrogens is 465 g/mol. The van der Waals surface area contributed by atoms with Crippen LogP contribution in [0.3, 0.4) is 0 Å². The van der Waals surface area contributed by atoms with Gasteiger partial charge in [0.15, 0.2) is 0 Å². The third-order valence-electron chi connectivity index (χ3n) is 4.83. The van der Waals surface area contributed by atoms with Gasteiger partial charge in [-0.15, -0.1) is 0 Å². The lowest BCUT2D eigenvalue weighted by atomic mass is 10.1. The summed E-state index contributed by atoms with van der Waals surface area (Å²) < 4.78 is 40.7. The first-order valence-corrected chi connectivity index (χ1v) is 12.0. The van der Waals surface area contributed by atoms with Crippen molar-refractivity contribution in [2.75, 3.05) is 6.54 Å². The third-order valence-corrected chi connectivity index (χ3v) is 6.89. The maximum atomic E-state index is 13.3. The fourth-order valence-corrected chi connectivity index (χ4v) is 4.50. The summed E-state index contributed by atoms with van der Waals surface area (Å²) in [6.07, 6.45) is 2.40. The van der Waals surface area contributed by atoms with Gasteiger partial charge in [-0.2, -0.15) is 9.41 Å². The minimum atomic E-state index is -4.04. The second-order valence-corrected chi connectivity index (χ2v) is 9.62. The highest BCUT2D eigenvalue weighted by Crippen LogP contribution is 2.20. The van der Waals surface area contributed by atoms with E-state index in [1.54, 1.807) is 0 Å². The maximum absolute atomic E-state index is 13.3. The summed E-state index contributed by atoms with van der Waals surface area (Å²) >= 11 is 5.87. The number of hydrogen-bond acceptors (Lipinski definition) is 4. The van der Waals surface area contributed by atoms with Crippen LogP contribution in [-0.4, -0.2) is 31.4 Å². The molecule has 0 aliphatic rings. The molecule has 0 saturated carbocycles. The average Bonchev–Trinajstić information content (AvgIpc) is 2.81. The first kappa shape index (κ1) is 24.6. The number of aryl methyl sites for hydroxylation is 1. The lowest BCUT2D eigenvalue weighted by Gasteiger charge is -2.21. The summed E-state index contributed by atoms with van der Waals surface area (Å²) in [6.45, 7) is 1.45. The number of hydrazone groups is 1. The molecule has 6 nitrogen and oxygen atoms in total. The van der Waals surface area contributed by atoms with Gasteiger partial charge >= 0.3 is 0 Å². The summed E-state index contributed by atoms with van der Waals surface area (Å²) in [5.74, 6) is -1.05. The standard InChI is InChI=1S/C24H23ClFN3O3S/c1-2-18-3-5-19(6-4-18)15-27-28-24(30)17-29(16-20-7-11-22(26)12-8-20)33(31,32)23-13-9-21(25)10-14-23/h3-15H,2,16-17H2,1H3,(H,28,30)/b27-15-. The Morgan fingerprint density at radius 2 is 1.61 bits per heavy atom. The number of nitrogens with one attached hydrogen (secondary N) is 1. The van der Waals surface area contributed by atoms with Crippen LogP contribution in [0.25, 0.3) is 0 Å². The molecule has 3 rings (SSSR count). The predicted octanol–water partition coefficient (Wildman–Crippen LogP) is 4.38. The van der Waals surface area contributed by atoms with Crippen molar-refractivity contribution in [2.24, 2.45) is 5.10 Å². The first-order chi connectivity index (χ1) is 15.8. The van der Waals surface area contributed by atoms with Crippen LogP contribution in [0.5, 0.6) is 0 Å². The minimum Gasteiger partial charge on any atom is -0.272 e. The maximum Gasteiger partial charge on any atom is 0.255 e. The van der Waals surface area contributed by atoms with Crippen LogP contribution in [-0.2, 0) is 27.8 Å². The van der Waals surface area contributed by atoms with E-state index in [-0.39, 0.29) is 11.4 Å². The number of halogens is 2. The van der Waals surface area contributed by atoms with Gasteiger partial charge < -0.3 is 0 Å². The van der Waals surface area contributed by atoms with Crippen LogP contribution in [0.15, 0.2) is 82.8 Å². The van der Waals surface area contributed by atoms with Gasteiger partial charge in [0.25, 0.3) is 5.91 Å². The Morgan fingerprint density at radius 1 is 1.00 bits per heavy atom. The molecule has 0 aliphatic heterocycles. The van der Waals surface area contributed by atoms with E-state index in [9.17, 15) is 17.6 Å². The molecule has 0 fully saturated rings. The van der Waals surface area contributed by atoms with Crippen molar-refractivity contribution >= 4 is 33.7 Å². The van der Waals surface area contributed by atoms with Gasteiger partial charge in [-0.3, -0.25) is 4.79 Å². The molecule has 1 N–H and O–H groups in total. The van der Waals surface area contributed by atoms with E-state index in [0.717, 1.165) is 16.3 Å². The Labute approximate surface area is 197 Å². The van der Waals surface area contributed by atoms with Gasteiger partial charge in [0.1, 0.15) is 5.82 Å². The Morgan fingerprint density at radius 3 is 2.21 bits per heavy atom. The third kappa shape index (κ3) is 6.95. The van der Waals surface area contributed by atoms with E-state index in [1.165, 1.54) is 60.3 Å². The summed E-state index contributed by atoms with van der Waals surface area (Å²) in [6, 6.07) is 18.7. The average molecular weight is 488 g/mol. The molecule has 172 valence electrons. The molecule has 0 aromatic heterocycles. The topological polar surface area (TPSA) is 78.8 Å². The molecule has 0 bridgehead atoms. The molecule has 3 aromatic carbocycles. The van der Waals surface area contributed by atoms with Crippen molar-refractivity contribution in [1.29, 1.82) is 0 Å². The van der Waals surface area contributed by atoms with Gasteiger partial charge in [0.2, 0.25) is 10.0 Å². The molecule has 9 heteroatoms. The molecule has 0 heterocycles. The van der Waals surface area contributed by atoms with E-state index in [4.69, 9.17) is 11.6 Å². The van der Waals surface area contributed by atoms with Gasteiger partial charge in [0.05, 0.1) is 17.7 Å². The van der Waals surface area contributed by atoms with Crippen molar-refractivity contribution in [3.63, 3.8) is 0 Å². The van der Waals surface area contributed by atoms with E-state index in [1.807, 2.05) is 24.3 Å². The van der Waals surface area contributed by atoms with E-state index >= 15 is 0 Å². The van der Waals surface area contributed by atoms with Crippen molar-refractivity contribution in [3.05, 3.63) is 100 Å². The fourth-order valence-electron chi connectivity index (χ4n) is 2.99. The first-order valence-electron chi connectivity index (χ1n) is 10.2. The number of carbonyl (C=O) groups excluding carboxylic acids is 1. The monoisotopic (exact) mass is 487 g/mol. The quantitative estimate of drug-likeness (QED) is 0.359. The van der Waals surface area contributed by atoms with Crippen molar-refractivity contribution < 1.29 is 17.6 Å². The smallest absolute Gasteiger partial charge is 0.255 e. The molecule has 33 heavy (non-hydrogen) atoms. The summed E-state index contributed by atoms with van der Waals surface area (Å²) in [4.78, 5) is 12.5. The van der Waals surface area contributed by atoms with Gasteiger partial charge in [0, 0.05) is 11.6 Å². The zero-order valence-corrected chi connectivity index (χ0v) is 19.5. The van der Waals surface area contributed by atoms with Crippen LogP contribution in [0.1, 0.15) is 23.6 Å². The summed E-state index contributed by atoms with van der Waals surface area (Å²) in [5.41, 5.74) is 4.87. The predicted molar refractivity (Wildman–Crippen MR) is 127 cm³/mol. The number of nitrogens with zero attached hydrogens (tertiary/aromatic N) is 2. The zero-order chi connectivity index (χ0) is 23.8. The number of sulfonamides is 1. The molecule has 0 saturated heterocycles. The van der Waals surface area contributed by atoms with Gasteiger partial charge in [-0.05, 0) is 59.5 Å². The van der Waals surface area contributed by atoms with E-state index in [2.05, 4.69) is 17.5 Å². The van der Waals surface area contributed by atoms with E-state index < -0.39 is 28.3 Å². The van der Waals surface area contributed by atoms with Crippen molar-refractivity contribution in [1.82, 2.24) is 9.73 Å². The Balaban J connectivity index is 1.76. The molecular formula is C24H23ClFN3O3S. The van der Waals surface area contributed by atoms with Crippen LogP contribution in [0.4, 0.5) is 4.39 Å². The Kier molecular flexibility index (Phi) is 8.32. The number of amides is 1. The number of benzene rings is 3. The molecule has 0 spiro atoms. The van der Waals surface area contributed by atoms with Crippen LogP contribution >= 0.6 is 11.6 Å². The van der Waals surface area contributed by atoms with Gasteiger partial charge in [-0.25, -0.2) is 18.2 Å². The largest absolute Gasteiger partial charge is 0.272 e. The van der Waals surface area contributed by atoms with Crippen LogP contribution in [0.2, 0.25) is 5.02 Å². The molecule has 3 aromatic rings. The van der Waals surface area contributed by atoms with Gasteiger partial charge in [-0.1, -0.05) is 54.9 Å². The number of hydrogen-bond donors (Lipinski definition) is 1. The molecule has 0 aliphatic carbocycles. The highest BCUT2D eigenvalue weighted by Gasteiger charge is 2.27. The Bertz CT molecular complexity index is 1210. The second-order valence-electron chi connectivity index (χ2n) is 7.24. The van der Waals surface area contributed by atoms with Crippen LogP contribution in [0, 0.1) is 5.82 Å². The highest BCUT2D eigenvalue weighted by molar-refractivity contribution is 7.89. The van der Waals surface area contributed by atoms with Crippen molar-refractivity contribution in [2.45, 2.75) is 24.8 Å². The molecule has 1 amide bonds. The lowest BCUT2D eigenvalue weighted by molar-refractivity contribution is -0.121. The SMILES string of the molecule is CCc1ccc(/C=N\NC(=O)CN(Cc2ccc(F)cc2)S(=O)(=O)c2ccc(Cl)cc2)cc1.